The Labute approximate surface area is 104 Å². The smallest absolute Gasteiger partial charge is 0.128 e. The van der Waals surface area contributed by atoms with Crippen LogP contribution in [0.25, 0.3) is 0 Å². The summed E-state index contributed by atoms with van der Waals surface area (Å²) in [7, 11) is 2.00. The molecule has 96 valence electrons. The molecule has 1 aromatic rings. The number of nitrogens with two attached hydrogens (primary N) is 1. The minimum absolute atomic E-state index is 0.0707. The van der Waals surface area contributed by atoms with Gasteiger partial charge in [0.1, 0.15) is 5.82 Å². The van der Waals surface area contributed by atoms with Crippen LogP contribution in [0.15, 0.2) is 24.3 Å². The second-order valence-corrected chi connectivity index (χ2v) is 5.16. The summed E-state index contributed by atoms with van der Waals surface area (Å²) in [5, 5.41) is 0. The van der Waals surface area contributed by atoms with E-state index >= 15 is 0 Å². The van der Waals surface area contributed by atoms with Crippen LogP contribution in [0.3, 0.4) is 0 Å². The Morgan fingerprint density at radius 2 is 1.82 bits per heavy atom. The number of nitrogens with zero attached hydrogens (tertiary/aromatic N) is 1. The van der Waals surface area contributed by atoms with Crippen LogP contribution in [-0.4, -0.2) is 24.5 Å². The Kier molecular flexibility index (Phi) is 5.09. The second-order valence-electron chi connectivity index (χ2n) is 5.16. The Balaban J connectivity index is 2.97. The predicted molar refractivity (Wildman–Crippen MR) is 70.3 cm³/mol. The van der Waals surface area contributed by atoms with Crippen LogP contribution >= 0.6 is 0 Å². The van der Waals surface area contributed by atoms with Gasteiger partial charge in [-0.3, -0.25) is 4.90 Å². The van der Waals surface area contributed by atoms with E-state index in [2.05, 4.69) is 18.7 Å². The van der Waals surface area contributed by atoms with Crippen molar-refractivity contribution in [1.82, 2.24) is 4.90 Å². The fourth-order valence-corrected chi connectivity index (χ4v) is 2.33. The zero-order valence-electron chi connectivity index (χ0n) is 11.2. The molecule has 0 aromatic heterocycles. The van der Waals surface area contributed by atoms with E-state index in [1.54, 1.807) is 6.07 Å². The molecule has 2 N–H and O–H groups in total. The van der Waals surface area contributed by atoms with Gasteiger partial charge in [-0.2, -0.15) is 0 Å². The van der Waals surface area contributed by atoms with E-state index in [4.69, 9.17) is 5.73 Å². The molecule has 0 fully saturated rings. The number of benzene rings is 1. The van der Waals surface area contributed by atoms with E-state index in [9.17, 15) is 4.39 Å². The van der Waals surface area contributed by atoms with Gasteiger partial charge in [0, 0.05) is 18.2 Å². The van der Waals surface area contributed by atoms with Gasteiger partial charge in [-0.1, -0.05) is 32.0 Å². The molecule has 3 heteroatoms. The molecule has 2 atom stereocenters. The number of halogens is 1. The third kappa shape index (κ3) is 3.79. The van der Waals surface area contributed by atoms with E-state index in [1.165, 1.54) is 6.07 Å². The Hall–Kier alpha value is -0.930. The van der Waals surface area contributed by atoms with Crippen LogP contribution < -0.4 is 5.73 Å². The SMILES string of the molecule is CC(C)CN(C)C(c1ccccc1F)C(C)N. The number of likely N-dealkylation sites (N-methyl/N-ethyl adjacent to an activating group) is 1. The highest BCUT2D eigenvalue weighted by molar-refractivity contribution is 5.22. The van der Waals surface area contributed by atoms with Crippen molar-refractivity contribution < 1.29 is 4.39 Å². The van der Waals surface area contributed by atoms with Crippen molar-refractivity contribution in [3.8, 4) is 0 Å². The van der Waals surface area contributed by atoms with Crippen LogP contribution in [0.2, 0.25) is 0 Å². The monoisotopic (exact) mass is 238 g/mol. The van der Waals surface area contributed by atoms with Gasteiger partial charge in [0.05, 0.1) is 6.04 Å². The summed E-state index contributed by atoms with van der Waals surface area (Å²) in [6, 6.07) is 6.71. The molecule has 17 heavy (non-hydrogen) atoms. The van der Waals surface area contributed by atoms with Crippen molar-refractivity contribution in [2.75, 3.05) is 13.6 Å². The average molecular weight is 238 g/mol. The van der Waals surface area contributed by atoms with Gasteiger partial charge < -0.3 is 5.73 Å². The Bertz CT molecular complexity index is 350. The van der Waals surface area contributed by atoms with Gasteiger partial charge in [0.25, 0.3) is 0 Å². The van der Waals surface area contributed by atoms with Crippen molar-refractivity contribution in [3.63, 3.8) is 0 Å². The highest BCUT2D eigenvalue weighted by atomic mass is 19.1. The first-order chi connectivity index (χ1) is 7.93. The second kappa shape index (κ2) is 6.12. The highest BCUT2D eigenvalue weighted by Crippen LogP contribution is 2.25. The molecule has 0 heterocycles. The van der Waals surface area contributed by atoms with Gasteiger partial charge in [0.15, 0.2) is 0 Å². The van der Waals surface area contributed by atoms with Gasteiger partial charge in [-0.25, -0.2) is 4.39 Å². The minimum Gasteiger partial charge on any atom is -0.326 e. The summed E-state index contributed by atoms with van der Waals surface area (Å²) in [4.78, 5) is 2.13. The quantitative estimate of drug-likeness (QED) is 0.854. The average Bonchev–Trinajstić information content (AvgIpc) is 2.19. The Morgan fingerprint density at radius 3 is 2.29 bits per heavy atom. The minimum atomic E-state index is -0.176. The molecule has 0 radical (unpaired) electrons. The lowest BCUT2D eigenvalue weighted by Crippen LogP contribution is -2.39. The lowest BCUT2D eigenvalue weighted by atomic mass is 9.98. The molecular weight excluding hydrogens is 215 g/mol. The molecule has 0 saturated heterocycles. The molecule has 2 unspecified atom stereocenters. The van der Waals surface area contributed by atoms with Gasteiger partial charge in [0.2, 0.25) is 0 Å². The molecule has 0 aliphatic carbocycles. The summed E-state index contributed by atoms with van der Waals surface area (Å²) in [5.41, 5.74) is 6.69. The maximum absolute atomic E-state index is 13.8. The summed E-state index contributed by atoms with van der Waals surface area (Å²) in [6.45, 7) is 7.13. The molecule has 1 rings (SSSR count). The number of hydrogen-bond acceptors (Lipinski definition) is 2. The first-order valence-electron chi connectivity index (χ1n) is 6.13. The number of rotatable bonds is 5. The normalized spacial score (nSPS) is 15.3. The molecule has 0 aliphatic heterocycles. The van der Waals surface area contributed by atoms with E-state index in [1.807, 2.05) is 26.1 Å². The summed E-state index contributed by atoms with van der Waals surface area (Å²) >= 11 is 0. The van der Waals surface area contributed by atoms with E-state index in [-0.39, 0.29) is 17.9 Å². The molecule has 0 saturated carbocycles. The molecular formula is C14H23FN2. The maximum Gasteiger partial charge on any atom is 0.128 e. The molecule has 0 spiro atoms. The fourth-order valence-electron chi connectivity index (χ4n) is 2.33. The van der Waals surface area contributed by atoms with Crippen LogP contribution in [0.5, 0.6) is 0 Å². The van der Waals surface area contributed by atoms with Crippen molar-refractivity contribution in [1.29, 1.82) is 0 Å². The van der Waals surface area contributed by atoms with E-state index in [0.717, 1.165) is 6.54 Å². The first kappa shape index (κ1) is 14.1. The zero-order chi connectivity index (χ0) is 13.0. The van der Waals surface area contributed by atoms with Crippen molar-refractivity contribution in [2.45, 2.75) is 32.9 Å². The third-order valence-electron chi connectivity index (χ3n) is 2.85. The Morgan fingerprint density at radius 1 is 1.24 bits per heavy atom. The lowest BCUT2D eigenvalue weighted by molar-refractivity contribution is 0.193. The van der Waals surface area contributed by atoms with E-state index in [0.29, 0.717) is 11.5 Å². The standard InChI is InChI=1S/C14H23FN2/c1-10(2)9-17(4)14(11(3)16)12-7-5-6-8-13(12)15/h5-8,10-11,14H,9,16H2,1-4H3. The van der Waals surface area contributed by atoms with Crippen LogP contribution in [-0.2, 0) is 0 Å². The summed E-state index contributed by atoms with van der Waals surface area (Å²) in [6.07, 6.45) is 0. The van der Waals surface area contributed by atoms with E-state index < -0.39 is 0 Å². The van der Waals surface area contributed by atoms with Crippen LogP contribution in [0, 0.1) is 11.7 Å². The lowest BCUT2D eigenvalue weighted by Gasteiger charge is -2.32. The summed E-state index contributed by atoms with van der Waals surface area (Å²) in [5.74, 6) is 0.360. The van der Waals surface area contributed by atoms with Gasteiger partial charge >= 0.3 is 0 Å². The summed E-state index contributed by atoms with van der Waals surface area (Å²) < 4.78 is 13.8. The van der Waals surface area contributed by atoms with Crippen molar-refractivity contribution >= 4 is 0 Å². The largest absolute Gasteiger partial charge is 0.326 e. The van der Waals surface area contributed by atoms with Gasteiger partial charge in [-0.05, 0) is 26.0 Å². The van der Waals surface area contributed by atoms with Crippen molar-refractivity contribution in [2.24, 2.45) is 11.7 Å². The zero-order valence-corrected chi connectivity index (χ0v) is 11.2. The first-order valence-corrected chi connectivity index (χ1v) is 6.13. The molecule has 0 aliphatic rings. The fraction of sp³-hybridized carbons (Fsp3) is 0.571. The molecule has 2 nitrogen and oxygen atoms in total. The topological polar surface area (TPSA) is 29.3 Å². The van der Waals surface area contributed by atoms with Crippen LogP contribution in [0.4, 0.5) is 4.39 Å². The van der Waals surface area contributed by atoms with Gasteiger partial charge in [-0.15, -0.1) is 0 Å². The van der Waals surface area contributed by atoms with Crippen LogP contribution in [0.1, 0.15) is 32.4 Å². The molecule has 0 bridgehead atoms. The molecule has 0 amide bonds. The third-order valence-corrected chi connectivity index (χ3v) is 2.85. The number of hydrogen-bond donors (Lipinski definition) is 1. The predicted octanol–water partition coefficient (Wildman–Crippen LogP) is 2.80. The molecule has 1 aromatic carbocycles. The maximum atomic E-state index is 13.8. The highest BCUT2D eigenvalue weighted by Gasteiger charge is 2.24. The van der Waals surface area contributed by atoms with Crippen molar-refractivity contribution in [3.05, 3.63) is 35.6 Å².